The first-order chi connectivity index (χ1) is 10.7. The molecule has 3 bridgehead atoms. The summed E-state index contributed by atoms with van der Waals surface area (Å²) in [6.45, 7) is 3.21. The van der Waals surface area contributed by atoms with Crippen LogP contribution in [0.3, 0.4) is 0 Å². The number of nitrogens with one attached hydrogen (secondary N) is 2. The molecule has 0 aromatic rings. The third-order valence-corrected chi connectivity index (χ3v) is 7.21. The van der Waals surface area contributed by atoms with Gasteiger partial charge in [0.05, 0.1) is 0 Å². The van der Waals surface area contributed by atoms with Crippen LogP contribution in [0.5, 0.6) is 0 Å². The molecule has 3 heteroatoms. The van der Waals surface area contributed by atoms with Gasteiger partial charge in [-0.3, -0.25) is 0 Å². The van der Waals surface area contributed by atoms with Crippen molar-refractivity contribution in [3.63, 3.8) is 0 Å². The molecule has 3 nitrogen and oxygen atoms in total. The quantitative estimate of drug-likeness (QED) is 0.811. The van der Waals surface area contributed by atoms with Gasteiger partial charge >= 0.3 is 6.03 Å². The predicted molar refractivity (Wildman–Crippen MR) is 88.5 cm³/mol. The van der Waals surface area contributed by atoms with E-state index in [9.17, 15) is 4.79 Å². The molecule has 4 saturated carbocycles. The molecule has 4 rings (SSSR count). The molecule has 7 unspecified atom stereocenters. The molecule has 0 saturated heterocycles. The van der Waals surface area contributed by atoms with Gasteiger partial charge in [-0.15, -0.1) is 0 Å². The van der Waals surface area contributed by atoms with Crippen molar-refractivity contribution in [3.8, 4) is 0 Å². The maximum absolute atomic E-state index is 12.2. The number of fused-ring (bicyclic) bond motifs is 2. The minimum absolute atomic E-state index is 0.0980. The Balaban J connectivity index is 1.21. The first-order valence-corrected chi connectivity index (χ1v) is 9.71. The van der Waals surface area contributed by atoms with Crippen LogP contribution in [0.15, 0.2) is 0 Å². The molecular formula is C19H32N2O. The molecule has 0 aliphatic heterocycles. The Bertz CT molecular complexity index is 422. The van der Waals surface area contributed by atoms with Gasteiger partial charge in [-0.1, -0.05) is 19.8 Å². The summed E-state index contributed by atoms with van der Waals surface area (Å²) in [5, 5.41) is 6.46. The molecule has 0 aromatic heterocycles. The fraction of sp³-hybridized carbons (Fsp3) is 0.947. The average molecular weight is 304 g/mol. The summed E-state index contributed by atoms with van der Waals surface area (Å²) in [6, 6.07) is 0.559. The van der Waals surface area contributed by atoms with E-state index >= 15 is 0 Å². The fourth-order valence-electron chi connectivity index (χ4n) is 6.32. The minimum Gasteiger partial charge on any atom is -0.338 e. The SMILES string of the molecule is CC1CCC(CCNC(=O)NC2CC3CC4CC(C3)C2C4)C1. The normalized spacial score (nSPS) is 46.0. The zero-order valence-electron chi connectivity index (χ0n) is 14.0. The number of amides is 2. The van der Waals surface area contributed by atoms with Crippen molar-refractivity contribution in [1.82, 2.24) is 10.6 Å². The second-order valence-electron chi connectivity index (χ2n) is 8.91. The summed E-state index contributed by atoms with van der Waals surface area (Å²) in [6.07, 6.45) is 12.2. The van der Waals surface area contributed by atoms with E-state index in [4.69, 9.17) is 0 Å². The zero-order chi connectivity index (χ0) is 15.1. The highest BCUT2D eigenvalue weighted by Crippen LogP contribution is 2.55. The topological polar surface area (TPSA) is 41.1 Å². The zero-order valence-corrected chi connectivity index (χ0v) is 14.0. The lowest BCUT2D eigenvalue weighted by molar-refractivity contribution is 0.139. The van der Waals surface area contributed by atoms with Crippen molar-refractivity contribution in [1.29, 1.82) is 0 Å². The van der Waals surface area contributed by atoms with Gasteiger partial charge in [-0.25, -0.2) is 4.79 Å². The Kier molecular flexibility index (Phi) is 4.08. The second kappa shape index (κ2) is 6.05. The van der Waals surface area contributed by atoms with E-state index in [1.54, 1.807) is 0 Å². The Hall–Kier alpha value is -0.730. The van der Waals surface area contributed by atoms with E-state index in [-0.39, 0.29) is 6.03 Å². The molecule has 2 N–H and O–H groups in total. The van der Waals surface area contributed by atoms with E-state index < -0.39 is 0 Å². The number of urea groups is 1. The molecule has 0 aromatic carbocycles. The Morgan fingerprint density at radius 3 is 2.59 bits per heavy atom. The summed E-state index contributed by atoms with van der Waals surface area (Å²) >= 11 is 0. The number of carbonyl (C=O) groups excluding carboxylic acids is 1. The van der Waals surface area contributed by atoms with Crippen molar-refractivity contribution in [2.45, 2.75) is 70.8 Å². The van der Waals surface area contributed by atoms with E-state index in [2.05, 4.69) is 17.6 Å². The van der Waals surface area contributed by atoms with Crippen molar-refractivity contribution >= 4 is 6.03 Å². The lowest BCUT2D eigenvalue weighted by Crippen LogP contribution is -2.49. The Morgan fingerprint density at radius 1 is 1.00 bits per heavy atom. The Labute approximate surface area is 135 Å². The first-order valence-electron chi connectivity index (χ1n) is 9.71. The van der Waals surface area contributed by atoms with Gasteiger partial charge in [-0.2, -0.15) is 0 Å². The molecular weight excluding hydrogens is 272 g/mol. The van der Waals surface area contributed by atoms with Gasteiger partial charge < -0.3 is 10.6 Å². The van der Waals surface area contributed by atoms with Crippen LogP contribution in [0.25, 0.3) is 0 Å². The second-order valence-corrected chi connectivity index (χ2v) is 8.91. The third kappa shape index (κ3) is 3.00. The summed E-state index contributed by atoms with van der Waals surface area (Å²) < 4.78 is 0. The summed E-state index contributed by atoms with van der Waals surface area (Å²) in [5.74, 6) is 5.32. The molecule has 0 heterocycles. The molecule has 0 spiro atoms. The number of rotatable bonds is 4. The van der Waals surface area contributed by atoms with Crippen LogP contribution in [0.1, 0.15) is 64.7 Å². The molecule has 4 aliphatic carbocycles. The monoisotopic (exact) mass is 304 g/mol. The van der Waals surface area contributed by atoms with Crippen LogP contribution in [-0.4, -0.2) is 18.6 Å². The highest BCUT2D eigenvalue weighted by atomic mass is 16.2. The van der Waals surface area contributed by atoms with Crippen molar-refractivity contribution in [2.24, 2.45) is 35.5 Å². The van der Waals surface area contributed by atoms with Gasteiger partial charge in [-0.05, 0) is 80.5 Å². The summed E-state index contributed by atoms with van der Waals surface area (Å²) in [4.78, 5) is 12.2. The van der Waals surface area contributed by atoms with E-state index in [1.807, 2.05) is 0 Å². The minimum atomic E-state index is 0.0980. The molecule has 7 atom stereocenters. The fourth-order valence-corrected chi connectivity index (χ4v) is 6.32. The van der Waals surface area contributed by atoms with Crippen molar-refractivity contribution in [2.75, 3.05) is 6.54 Å². The molecule has 4 fully saturated rings. The standard InChI is InChI=1S/C19H32N2O/c1-12-2-3-13(6-12)4-5-20-19(22)21-18-11-15-7-14-8-16(9-15)17(18)10-14/h12-18H,2-11H2,1H3,(H2,20,21,22). The van der Waals surface area contributed by atoms with Crippen LogP contribution in [0.2, 0.25) is 0 Å². The van der Waals surface area contributed by atoms with Gasteiger partial charge in [0.1, 0.15) is 0 Å². The van der Waals surface area contributed by atoms with Crippen LogP contribution < -0.4 is 10.6 Å². The number of carbonyl (C=O) groups is 1. The van der Waals surface area contributed by atoms with Crippen molar-refractivity contribution in [3.05, 3.63) is 0 Å². The van der Waals surface area contributed by atoms with Gasteiger partial charge in [0.25, 0.3) is 0 Å². The molecule has 0 radical (unpaired) electrons. The van der Waals surface area contributed by atoms with Crippen LogP contribution in [0, 0.1) is 35.5 Å². The van der Waals surface area contributed by atoms with Crippen LogP contribution in [0.4, 0.5) is 4.79 Å². The van der Waals surface area contributed by atoms with E-state index in [1.165, 1.54) is 57.8 Å². The molecule has 2 amide bonds. The predicted octanol–water partition coefficient (Wildman–Crippen LogP) is 3.94. The molecule has 22 heavy (non-hydrogen) atoms. The lowest BCUT2D eigenvalue weighted by atomic mass is 9.70. The van der Waals surface area contributed by atoms with E-state index in [0.717, 1.165) is 42.1 Å². The highest BCUT2D eigenvalue weighted by Gasteiger charge is 2.49. The number of hydrogen-bond donors (Lipinski definition) is 2. The first kappa shape index (κ1) is 14.8. The maximum Gasteiger partial charge on any atom is 0.315 e. The van der Waals surface area contributed by atoms with Gasteiger partial charge in [0.2, 0.25) is 0 Å². The lowest BCUT2D eigenvalue weighted by Gasteiger charge is -2.39. The summed E-state index contributed by atoms with van der Waals surface area (Å²) in [5.41, 5.74) is 0. The average Bonchev–Trinajstić information content (AvgIpc) is 2.97. The van der Waals surface area contributed by atoms with Gasteiger partial charge in [0.15, 0.2) is 0 Å². The molecule has 4 aliphatic rings. The summed E-state index contributed by atoms with van der Waals surface area (Å²) in [7, 11) is 0. The van der Waals surface area contributed by atoms with Crippen LogP contribution in [-0.2, 0) is 0 Å². The third-order valence-electron chi connectivity index (χ3n) is 7.21. The van der Waals surface area contributed by atoms with E-state index in [0.29, 0.717) is 6.04 Å². The number of hydrogen-bond acceptors (Lipinski definition) is 1. The Morgan fingerprint density at radius 2 is 1.82 bits per heavy atom. The molecule has 124 valence electrons. The van der Waals surface area contributed by atoms with Crippen LogP contribution >= 0.6 is 0 Å². The van der Waals surface area contributed by atoms with Crippen molar-refractivity contribution < 1.29 is 4.79 Å². The maximum atomic E-state index is 12.2. The smallest absolute Gasteiger partial charge is 0.315 e. The largest absolute Gasteiger partial charge is 0.338 e. The van der Waals surface area contributed by atoms with Gasteiger partial charge in [0, 0.05) is 12.6 Å². The highest BCUT2D eigenvalue weighted by molar-refractivity contribution is 5.74.